The molecule has 7 nitrogen and oxygen atoms in total. The Labute approximate surface area is 265 Å². The van der Waals surface area contributed by atoms with Crippen LogP contribution in [-0.2, 0) is 13.9 Å². The first kappa shape index (κ1) is 42.3. The molecule has 0 aromatic carbocycles. The summed E-state index contributed by atoms with van der Waals surface area (Å²) in [7, 11) is -4.68. The fraction of sp³-hybridized carbons (Fsp3) is 0.914. The van der Waals surface area contributed by atoms with Gasteiger partial charge in [0.2, 0.25) is 5.91 Å². The Morgan fingerprint density at radius 3 is 1.49 bits per heavy atom. The molecule has 0 radical (unpaired) electrons. The molecule has 0 rings (SSSR count). The number of aliphatic hydroxyl groups is 1. The van der Waals surface area contributed by atoms with Crippen molar-refractivity contribution in [3.8, 4) is 0 Å². The van der Waals surface area contributed by atoms with E-state index < -0.39 is 26.6 Å². The number of rotatable bonds is 33. The van der Waals surface area contributed by atoms with Crippen LogP contribution in [0.1, 0.15) is 187 Å². The Kier molecular flexibility index (Phi) is 30.7. The van der Waals surface area contributed by atoms with Crippen LogP contribution < -0.4 is 5.32 Å². The molecule has 0 heterocycles. The molecule has 0 aromatic heterocycles. The van der Waals surface area contributed by atoms with Gasteiger partial charge in [-0.1, -0.05) is 154 Å². The van der Waals surface area contributed by atoms with Crippen LogP contribution in [0.2, 0.25) is 0 Å². The van der Waals surface area contributed by atoms with Crippen molar-refractivity contribution in [3.05, 3.63) is 12.2 Å². The van der Waals surface area contributed by atoms with Crippen LogP contribution in [0, 0.1) is 0 Å². The number of unbranched alkanes of at least 4 members (excludes halogenated alkanes) is 22. The van der Waals surface area contributed by atoms with Crippen LogP contribution in [0.4, 0.5) is 0 Å². The van der Waals surface area contributed by atoms with Gasteiger partial charge >= 0.3 is 7.82 Å². The maximum absolute atomic E-state index is 12.5. The maximum Gasteiger partial charge on any atom is 0.469 e. The van der Waals surface area contributed by atoms with E-state index in [9.17, 15) is 14.5 Å². The van der Waals surface area contributed by atoms with Crippen LogP contribution in [0.25, 0.3) is 0 Å². The first-order valence-corrected chi connectivity index (χ1v) is 19.7. The van der Waals surface area contributed by atoms with E-state index >= 15 is 0 Å². The van der Waals surface area contributed by atoms with Crippen molar-refractivity contribution in [2.24, 2.45) is 0 Å². The Bertz CT molecular complexity index is 683. The highest BCUT2D eigenvalue weighted by molar-refractivity contribution is 7.46. The van der Waals surface area contributed by atoms with Gasteiger partial charge in [-0.2, -0.15) is 0 Å². The summed E-state index contributed by atoms with van der Waals surface area (Å²) in [5.41, 5.74) is 0. The standard InChI is InChI=1S/C35H70NO6P/c1-3-5-7-9-11-13-15-17-18-19-21-23-25-27-29-31-35(38)36-33(32-42-43(39,40)41)34(37)30-28-26-24-22-20-16-14-12-10-8-6-4-2/h17-18,33-34,37H,3-16,19-32H2,1-2H3,(H,36,38)(H2,39,40,41)/b18-17-/t33-,34+/m0/s1. The van der Waals surface area contributed by atoms with E-state index in [0.717, 1.165) is 51.4 Å². The molecule has 0 unspecified atom stereocenters. The molecule has 0 aliphatic carbocycles. The largest absolute Gasteiger partial charge is 0.469 e. The van der Waals surface area contributed by atoms with Gasteiger partial charge in [0.25, 0.3) is 0 Å². The minimum atomic E-state index is -4.68. The zero-order chi connectivity index (χ0) is 31.9. The summed E-state index contributed by atoms with van der Waals surface area (Å²) in [5, 5.41) is 13.4. The van der Waals surface area contributed by atoms with Gasteiger partial charge in [-0.3, -0.25) is 9.32 Å². The van der Waals surface area contributed by atoms with Crippen LogP contribution >= 0.6 is 7.82 Å². The summed E-state index contributed by atoms with van der Waals surface area (Å²) in [6.07, 6.45) is 34.7. The number of amides is 1. The second-order valence-electron chi connectivity index (χ2n) is 12.5. The number of phosphoric acid groups is 1. The maximum atomic E-state index is 12.5. The van der Waals surface area contributed by atoms with Gasteiger partial charge < -0.3 is 20.2 Å². The molecule has 2 atom stereocenters. The summed E-state index contributed by atoms with van der Waals surface area (Å²) in [4.78, 5) is 30.7. The molecule has 0 spiro atoms. The number of hydrogen-bond donors (Lipinski definition) is 4. The van der Waals surface area contributed by atoms with Crippen molar-refractivity contribution < 1.29 is 28.8 Å². The van der Waals surface area contributed by atoms with Crippen LogP contribution in [0.3, 0.4) is 0 Å². The van der Waals surface area contributed by atoms with Gasteiger partial charge in [-0.05, 0) is 38.5 Å². The van der Waals surface area contributed by atoms with Gasteiger partial charge in [0.1, 0.15) is 0 Å². The second-order valence-corrected chi connectivity index (χ2v) is 13.8. The van der Waals surface area contributed by atoms with Gasteiger partial charge in [-0.25, -0.2) is 4.57 Å². The lowest BCUT2D eigenvalue weighted by molar-refractivity contribution is -0.123. The summed E-state index contributed by atoms with van der Waals surface area (Å²) in [5.74, 6) is -0.203. The van der Waals surface area contributed by atoms with Crippen LogP contribution in [-0.4, -0.2) is 39.6 Å². The Morgan fingerprint density at radius 2 is 1.05 bits per heavy atom. The van der Waals surface area contributed by atoms with E-state index in [0.29, 0.717) is 12.8 Å². The minimum Gasteiger partial charge on any atom is -0.391 e. The van der Waals surface area contributed by atoms with Gasteiger partial charge in [-0.15, -0.1) is 0 Å². The van der Waals surface area contributed by atoms with Crippen LogP contribution in [0.5, 0.6) is 0 Å². The smallest absolute Gasteiger partial charge is 0.391 e. The van der Waals surface area contributed by atoms with E-state index in [1.54, 1.807) is 0 Å². The van der Waals surface area contributed by atoms with Gasteiger partial charge in [0.05, 0.1) is 18.8 Å². The Balaban J connectivity index is 4.00. The third kappa shape index (κ3) is 32.5. The SMILES string of the molecule is CCCCCCCC/C=C\CCCCCCCC(=O)N[C@@H](COP(=O)(O)O)[C@H](O)CCCCCCCCCCCCCC. The first-order valence-electron chi connectivity index (χ1n) is 18.1. The molecule has 0 bridgehead atoms. The molecule has 0 saturated heterocycles. The predicted octanol–water partition coefficient (Wildman–Crippen LogP) is 10.1. The number of hydrogen-bond acceptors (Lipinski definition) is 4. The molecule has 0 aliphatic rings. The fourth-order valence-corrected chi connectivity index (χ4v) is 5.81. The van der Waals surface area contributed by atoms with E-state index in [1.807, 2.05) is 0 Å². The molecular weight excluding hydrogens is 561 g/mol. The molecule has 0 saturated carbocycles. The average molecular weight is 632 g/mol. The third-order valence-electron chi connectivity index (χ3n) is 8.25. The molecule has 43 heavy (non-hydrogen) atoms. The van der Waals surface area contributed by atoms with Crippen molar-refractivity contribution >= 4 is 13.7 Å². The normalized spacial score (nSPS) is 13.5. The Morgan fingerprint density at radius 1 is 0.651 bits per heavy atom. The minimum absolute atomic E-state index is 0.203. The Hall–Kier alpha value is -0.720. The van der Waals surface area contributed by atoms with Crippen molar-refractivity contribution in [2.45, 2.75) is 199 Å². The number of carbonyl (C=O) groups excluding carboxylic acids is 1. The van der Waals surface area contributed by atoms with E-state index in [-0.39, 0.29) is 5.91 Å². The van der Waals surface area contributed by atoms with E-state index in [2.05, 4.69) is 35.8 Å². The van der Waals surface area contributed by atoms with Crippen molar-refractivity contribution in [2.75, 3.05) is 6.61 Å². The lowest BCUT2D eigenvalue weighted by Crippen LogP contribution is -2.46. The van der Waals surface area contributed by atoms with E-state index in [4.69, 9.17) is 9.79 Å². The molecule has 4 N–H and O–H groups in total. The first-order chi connectivity index (χ1) is 20.8. The number of carbonyl (C=O) groups is 1. The topological polar surface area (TPSA) is 116 Å². The number of allylic oxidation sites excluding steroid dienone is 2. The highest BCUT2D eigenvalue weighted by atomic mass is 31.2. The summed E-state index contributed by atoms with van der Waals surface area (Å²) in [6.45, 7) is 4.09. The zero-order valence-electron chi connectivity index (χ0n) is 28.1. The van der Waals surface area contributed by atoms with Crippen molar-refractivity contribution in [1.82, 2.24) is 5.32 Å². The molecule has 0 fully saturated rings. The molecule has 8 heteroatoms. The summed E-state index contributed by atoms with van der Waals surface area (Å²) < 4.78 is 15.9. The molecule has 0 aliphatic heterocycles. The summed E-state index contributed by atoms with van der Waals surface area (Å²) >= 11 is 0. The van der Waals surface area contributed by atoms with Gasteiger partial charge in [0.15, 0.2) is 0 Å². The molecular formula is C35H70NO6P. The van der Waals surface area contributed by atoms with E-state index in [1.165, 1.54) is 109 Å². The molecule has 0 aromatic rings. The lowest BCUT2D eigenvalue weighted by Gasteiger charge is -2.24. The van der Waals surface area contributed by atoms with Gasteiger partial charge in [0, 0.05) is 6.42 Å². The highest BCUT2D eigenvalue weighted by Crippen LogP contribution is 2.36. The number of phosphoric ester groups is 1. The predicted molar refractivity (Wildman–Crippen MR) is 181 cm³/mol. The number of nitrogens with one attached hydrogen (secondary N) is 1. The lowest BCUT2D eigenvalue weighted by atomic mass is 10.0. The zero-order valence-corrected chi connectivity index (χ0v) is 29.0. The fourth-order valence-electron chi connectivity index (χ4n) is 5.46. The van der Waals surface area contributed by atoms with Crippen LogP contribution in [0.15, 0.2) is 12.2 Å². The third-order valence-corrected chi connectivity index (χ3v) is 8.74. The molecule has 1 amide bonds. The average Bonchev–Trinajstić information content (AvgIpc) is 2.97. The highest BCUT2D eigenvalue weighted by Gasteiger charge is 2.25. The van der Waals surface area contributed by atoms with Crippen molar-refractivity contribution in [1.29, 1.82) is 0 Å². The number of aliphatic hydroxyl groups excluding tert-OH is 1. The molecule has 256 valence electrons. The quantitative estimate of drug-likeness (QED) is 0.0325. The van der Waals surface area contributed by atoms with Crippen molar-refractivity contribution in [3.63, 3.8) is 0 Å². The summed E-state index contributed by atoms with van der Waals surface area (Å²) in [6, 6.07) is -0.823. The monoisotopic (exact) mass is 631 g/mol. The second kappa shape index (κ2) is 31.3.